The van der Waals surface area contributed by atoms with E-state index in [1.54, 1.807) is 6.92 Å². The summed E-state index contributed by atoms with van der Waals surface area (Å²) in [6.45, 7) is 6.07. The van der Waals surface area contributed by atoms with Crippen molar-refractivity contribution in [2.75, 3.05) is 19.6 Å². The van der Waals surface area contributed by atoms with Gasteiger partial charge >= 0.3 is 0 Å². The Kier molecular flexibility index (Phi) is 3.78. The molecule has 16 heavy (non-hydrogen) atoms. The van der Waals surface area contributed by atoms with Gasteiger partial charge in [0.1, 0.15) is 0 Å². The van der Waals surface area contributed by atoms with Crippen molar-refractivity contribution in [1.82, 2.24) is 9.47 Å². The first-order valence-electron chi connectivity index (χ1n) is 6.16. The number of nitrogens with zero attached hydrogens (tertiary/aromatic N) is 2. The highest BCUT2D eigenvalue weighted by Crippen LogP contribution is 2.09. The number of carbonyl (C=O) groups is 1. The third kappa shape index (κ3) is 2.73. The third-order valence-corrected chi connectivity index (χ3v) is 3.30. The molecule has 1 aliphatic heterocycles. The van der Waals surface area contributed by atoms with Crippen LogP contribution in [0.15, 0.2) is 18.3 Å². The summed E-state index contributed by atoms with van der Waals surface area (Å²) in [5, 5.41) is 0. The minimum Gasteiger partial charge on any atom is -0.344 e. The molecule has 0 radical (unpaired) electrons. The molecule has 88 valence electrons. The largest absolute Gasteiger partial charge is 0.344 e. The Labute approximate surface area is 97.1 Å². The first kappa shape index (κ1) is 11.4. The van der Waals surface area contributed by atoms with Crippen molar-refractivity contribution in [2.45, 2.75) is 32.7 Å². The normalized spacial score (nSPS) is 17.6. The fourth-order valence-electron chi connectivity index (χ4n) is 2.36. The van der Waals surface area contributed by atoms with Gasteiger partial charge in [-0.25, -0.2) is 0 Å². The van der Waals surface area contributed by atoms with E-state index in [-0.39, 0.29) is 5.78 Å². The van der Waals surface area contributed by atoms with Crippen LogP contribution in [0, 0.1) is 0 Å². The van der Waals surface area contributed by atoms with Crippen LogP contribution < -0.4 is 0 Å². The quantitative estimate of drug-likeness (QED) is 0.727. The number of rotatable bonds is 4. The van der Waals surface area contributed by atoms with Crippen LogP contribution in [0.4, 0.5) is 0 Å². The zero-order valence-electron chi connectivity index (χ0n) is 9.98. The van der Waals surface area contributed by atoms with E-state index in [4.69, 9.17) is 0 Å². The minimum absolute atomic E-state index is 0.156. The molecule has 1 aromatic rings. The molecule has 1 aliphatic rings. The fourth-order valence-corrected chi connectivity index (χ4v) is 2.36. The van der Waals surface area contributed by atoms with Crippen molar-refractivity contribution < 1.29 is 4.79 Å². The minimum atomic E-state index is 0.156. The molecule has 0 aliphatic carbocycles. The van der Waals surface area contributed by atoms with E-state index in [9.17, 15) is 4.79 Å². The Morgan fingerprint density at radius 2 is 2.00 bits per heavy atom. The zero-order chi connectivity index (χ0) is 11.4. The Hall–Kier alpha value is -1.09. The van der Waals surface area contributed by atoms with Crippen molar-refractivity contribution >= 4 is 5.78 Å². The molecule has 3 nitrogen and oxygen atoms in total. The van der Waals surface area contributed by atoms with Crippen LogP contribution >= 0.6 is 0 Å². The molecule has 0 atom stereocenters. The number of hydrogen-bond acceptors (Lipinski definition) is 2. The molecule has 0 amide bonds. The van der Waals surface area contributed by atoms with Crippen molar-refractivity contribution in [3.63, 3.8) is 0 Å². The van der Waals surface area contributed by atoms with Crippen molar-refractivity contribution in [3.8, 4) is 0 Å². The second-order valence-electron chi connectivity index (χ2n) is 4.55. The maximum Gasteiger partial charge on any atom is 0.176 e. The van der Waals surface area contributed by atoms with Gasteiger partial charge in [-0.1, -0.05) is 6.42 Å². The van der Waals surface area contributed by atoms with E-state index < -0.39 is 0 Å². The molecule has 0 aromatic carbocycles. The summed E-state index contributed by atoms with van der Waals surface area (Å²) in [5.41, 5.74) is 0.831. The van der Waals surface area contributed by atoms with E-state index >= 15 is 0 Å². The Balaban J connectivity index is 1.88. The maximum absolute atomic E-state index is 11.3. The molecule has 0 saturated carbocycles. The summed E-state index contributed by atoms with van der Waals surface area (Å²) < 4.78 is 2.07. The fraction of sp³-hybridized carbons (Fsp3) is 0.615. The van der Waals surface area contributed by atoms with E-state index in [1.165, 1.54) is 32.4 Å². The Morgan fingerprint density at radius 1 is 1.25 bits per heavy atom. The second-order valence-corrected chi connectivity index (χ2v) is 4.55. The molecule has 1 fully saturated rings. The van der Waals surface area contributed by atoms with Gasteiger partial charge in [-0.05, 0) is 38.1 Å². The molecule has 0 spiro atoms. The molecule has 1 saturated heterocycles. The van der Waals surface area contributed by atoms with Crippen molar-refractivity contribution in [1.29, 1.82) is 0 Å². The molecule has 3 heteroatoms. The number of piperidine rings is 1. The van der Waals surface area contributed by atoms with Crippen molar-refractivity contribution in [3.05, 3.63) is 24.0 Å². The van der Waals surface area contributed by atoms with Crippen LogP contribution in [-0.2, 0) is 6.54 Å². The van der Waals surface area contributed by atoms with E-state index in [0.717, 1.165) is 18.8 Å². The van der Waals surface area contributed by atoms with Gasteiger partial charge in [0.05, 0.1) is 5.69 Å². The monoisotopic (exact) mass is 220 g/mol. The first-order valence-corrected chi connectivity index (χ1v) is 6.16. The summed E-state index contributed by atoms with van der Waals surface area (Å²) in [6, 6.07) is 3.85. The van der Waals surface area contributed by atoms with Crippen LogP contribution in [-0.4, -0.2) is 34.9 Å². The van der Waals surface area contributed by atoms with E-state index in [0.29, 0.717) is 0 Å². The Morgan fingerprint density at radius 3 is 2.69 bits per heavy atom. The third-order valence-electron chi connectivity index (χ3n) is 3.30. The molecule has 2 rings (SSSR count). The highest BCUT2D eigenvalue weighted by atomic mass is 16.1. The van der Waals surface area contributed by atoms with Crippen LogP contribution in [0.5, 0.6) is 0 Å². The molecule has 2 heterocycles. The SMILES string of the molecule is CC(=O)c1cccn1CCN1CCCCC1. The van der Waals surface area contributed by atoms with Gasteiger partial charge in [-0.3, -0.25) is 4.79 Å². The highest BCUT2D eigenvalue weighted by Gasteiger charge is 2.11. The molecule has 0 N–H and O–H groups in total. The lowest BCUT2D eigenvalue weighted by Crippen LogP contribution is -2.32. The number of likely N-dealkylation sites (tertiary alicyclic amines) is 1. The maximum atomic E-state index is 11.3. The van der Waals surface area contributed by atoms with Crippen LogP contribution in [0.2, 0.25) is 0 Å². The summed E-state index contributed by atoms with van der Waals surface area (Å²) >= 11 is 0. The van der Waals surface area contributed by atoms with Crippen LogP contribution in [0.25, 0.3) is 0 Å². The predicted molar refractivity (Wildman–Crippen MR) is 64.7 cm³/mol. The highest BCUT2D eigenvalue weighted by molar-refractivity contribution is 5.92. The molecule has 0 unspecified atom stereocenters. The lowest BCUT2D eigenvalue weighted by Gasteiger charge is -2.26. The van der Waals surface area contributed by atoms with Gasteiger partial charge in [0.2, 0.25) is 0 Å². The Bertz CT molecular complexity index is 351. The molecular weight excluding hydrogens is 200 g/mol. The average molecular weight is 220 g/mol. The molecular formula is C13H20N2O. The average Bonchev–Trinajstić information content (AvgIpc) is 2.76. The number of ketones is 1. The first-order chi connectivity index (χ1) is 7.77. The van der Waals surface area contributed by atoms with Gasteiger partial charge in [0.25, 0.3) is 0 Å². The van der Waals surface area contributed by atoms with E-state index in [1.807, 2.05) is 18.3 Å². The zero-order valence-corrected chi connectivity index (χ0v) is 9.98. The number of carbonyl (C=O) groups excluding carboxylic acids is 1. The second kappa shape index (κ2) is 5.30. The lowest BCUT2D eigenvalue weighted by atomic mass is 10.1. The molecule has 0 bridgehead atoms. The van der Waals surface area contributed by atoms with Crippen molar-refractivity contribution in [2.24, 2.45) is 0 Å². The van der Waals surface area contributed by atoms with E-state index in [2.05, 4.69) is 9.47 Å². The summed E-state index contributed by atoms with van der Waals surface area (Å²) in [5.74, 6) is 0.156. The number of Topliss-reactive ketones (excluding diaryl/α,β-unsaturated/α-hetero) is 1. The summed E-state index contributed by atoms with van der Waals surface area (Å²) in [6.07, 6.45) is 6.02. The predicted octanol–water partition coefficient (Wildman–Crippen LogP) is 2.18. The van der Waals surface area contributed by atoms with Crippen LogP contribution in [0.1, 0.15) is 36.7 Å². The standard InChI is InChI=1S/C13H20N2O/c1-12(16)13-6-5-9-15(13)11-10-14-7-3-2-4-8-14/h5-6,9H,2-4,7-8,10-11H2,1H3. The number of aromatic nitrogens is 1. The number of hydrogen-bond donors (Lipinski definition) is 0. The summed E-state index contributed by atoms with van der Waals surface area (Å²) in [4.78, 5) is 13.8. The van der Waals surface area contributed by atoms with Gasteiger partial charge in [-0.15, -0.1) is 0 Å². The molecule has 1 aromatic heterocycles. The summed E-state index contributed by atoms with van der Waals surface area (Å²) in [7, 11) is 0. The van der Waals surface area contributed by atoms with Crippen LogP contribution in [0.3, 0.4) is 0 Å². The van der Waals surface area contributed by atoms with Gasteiger partial charge in [0.15, 0.2) is 5.78 Å². The van der Waals surface area contributed by atoms with Gasteiger partial charge in [-0.2, -0.15) is 0 Å². The smallest absolute Gasteiger partial charge is 0.176 e. The van der Waals surface area contributed by atoms with Gasteiger partial charge < -0.3 is 9.47 Å². The lowest BCUT2D eigenvalue weighted by molar-refractivity contribution is 0.100. The topological polar surface area (TPSA) is 25.2 Å². The van der Waals surface area contributed by atoms with Gasteiger partial charge in [0, 0.05) is 26.2 Å².